The number of amides is 1. The number of carbonyl (C=O) groups is 1. The summed E-state index contributed by atoms with van der Waals surface area (Å²) in [6.07, 6.45) is 3.41. The van der Waals surface area contributed by atoms with E-state index in [0.29, 0.717) is 13.0 Å². The fraction of sp³-hybridized carbons (Fsp3) is 0.214. The zero-order valence-corrected chi connectivity index (χ0v) is 11.7. The molecule has 1 heterocycles. The van der Waals surface area contributed by atoms with Crippen LogP contribution >= 0.6 is 11.6 Å². The molecular weight excluding hydrogens is 278 g/mol. The van der Waals surface area contributed by atoms with E-state index in [2.05, 4.69) is 15.3 Å². The average Bonchev–Trinajstić information content (AvgIpc) is 2.48. The van der Waals surface area contributed by atoms with Gasteiger partial charge in [-0.2, -0.15) is 0 Å². The third-order valence-corrected chi connectivity index (χ3v) is 2.88. The molecule has 0 aliphatic carbocycles. The highest BCUT2D eigenvalue weighted by molar-refractivity contribution is 6.29. The molecule has 0 bridgehead atoms. The van der Waals surface area contributed by atoms with Crippen LogP contribution in [-0.2, 0) is 6.42 Å². The van der Waals surface area contributed by atoms with Gasteiger partial charge in [0.1, 0.15) is 16.6 Å². The minimum atomic E-state index is -0.267. The van der Waals surface area contributed by atoms with Crippen molar-refractivity contribution in [3.8, 4) is 5.75 Å². The molecule has 1 amide bonds. The second-order valence-electron chi connectivity index (χ2n) is 4.08. The molecular formula is C14H14ClN3O2. The van der Waals surface area contributed by atoms with Crippen molar-refractivity contribution >= 4 is 17.5 Å². The molecule has 2 aromatic rings. The smallest absolute Gasteiger partial charge is 0.271 e. The number of carbonyl (C=O) groups excluding carboxylic acids is 1. The summed E-state index contributed by atoms with van der Waals surface area (Å²) in [6.45, 7) is 0.510. The van der Waals surface area contributed by atoms with Crippen LogP contribution in [0.15, 0.2) is 36.7 Å². The lowest BCUT2D eigenvalue weighted by Gasteiger charge is -2.06. The van der Waals surface area contributed by atoms with E-state index in [9.17, 15) is 4.79 Å². The molecule has 0 saturated carbocycles. The highest BCUT2D eigenvalue weighted by Crippen LogP contribution is 2.12. The predicted molar refractivity (Wildman–Crippen MR) is 76.1 cm³/mol. The van der Waals surface area contributed by atoms with Crippen LogP contribution in [0.5, 0.6) is 5.75 Å². The molecule has 6 heteroatoms. The van der Waals surface area contributed by atoms with Crippen molar-refractivity contribution in [1.29, 1.82) is 0 Å². The van der Waals surface area contributed by atoms with E-state index in [1.54, 1.807) is 7.11 Å². The predicted octanol–water partition coefficient (Wildman–Crippen LogP) is 2.11. The van der Waals surface area contributed by atoms with Crippen LogP contribution in [-0.4, -0.2) is 29.5 Å². The first-order valence-electron chi connectivity index (χ1n) is 6.07. The van der Waals surface area contributed by atoms with Crippen molar-refractivity contribution in [3.05, 3.63) is 53.1 Å². The van der Waals surface area contributed by atoms with Crippen molar-refractivity contribution in [2.75, 3.05) is 13.7 Å². The third kappa shape index (κ3) is 3.93. The van der Waals surface area contributed by atoms with Gasteiger partial charge in [0.15, 0.2) is 0 Å². The lowest BCUT2D eigenvalue weighted by atomic mass is 10.1. The first-order chi connectivity index (χ1) is 9.69. The molecule has 0 fully saturated rings. The number of aromatic nitrogens is 2. The zero-order valence-electron chi connectivity index (χ0n) is 11.0. The van der Waals surface area contributed by atoms with Crippen LogP contribution in [0.1, 0.15) is 16.1 Å². The van der Waals surface area contributed by atoms with E-state index in [4.69, 9.17) is 16.3 Å². The number of benzene rings is 1. The molecule has 1 aromatic heterocycles. The Morgan fingerprint density at radius 2 is 2.20 bits per heavy atom. The molecule has 0 spiro atoms. The van der Waals surface area contributed by atoms with Crippen LogP contribution in [0.4, 0.5) is 0 Å². The third-order valence-electron chi connectivity index (χ3n) is 2.69. The maximum absolute atomic E-state index is 11.8. The molecule has 0 radical (unpaired) electrons. The number of nitrogens with zero attached hydrogens (tertiary/aromatic N) is 2. The quantitative estimate of drug-likeness (QED) is 0.916. The summed E-state index contributed by atoms with van der Waals surface area (Å²) in [6, 6.07) is 7.72. The first kappa shape index (κ1) is 14.3. The van der Waals surface area contributed by atoms with E-state index in [-0.39, 0.29) is 16.8 Å². The molecule has 1 aromatic carbocycles. The maximum Gasteiger partial charge on any atom is 0.271 e. The Morgan fingerprint density at radius 1 is 1.35 bits per heavy atom. The summed E-state index contributed by atoms with van der Waals surface area (Å²) in [5.41, 5.74) is 1.34. The summed E-state index contributed by atoms with van der Waals surface area (Å²) in [7, 11) is 1.63. The van der Waals surface area contributed by atoms with E-state index < -0.39 is 0 Å². The minimum absolute atomic E-state index is 0.250. The van der Waals surface area contributed by atoms with Gasteiger partial charge in [0.05, 0.1) is 19.5 Å². The van der Waals surface area contributed by atoms with Gasteiger partial charge < -0.3 is 10.1 Å². The van der Waals surface area contributed by atoms with Crippen LogP contribution in [0, 0.1) is 0 Å². The van der Waals surface area contributed by atoms with Gasteiger partial charge in [-0.1, -0.05) is 23.7 Å². The number of methoxy groups -OCH3 is 1. The Kier molecular flexibility index (Phi) is 4.90. The van der Waals surface area contributed by atoms with Crippen molar-refractivity contribution in [1.82, 2.24) is 15.3 Å². The highest BCUT2D eigenvalue weighted by Gasteiger charge is 2.07. The molecule has 104 valence electrons. The summed E-state index contributed by atoms with van der Waals surface area (Å²) in [5.74, 6) is 0.537. The van der Waals surface area contributed by atoms with Gasteiger partial charge in [-0.3, -0.25) is 4.79 Å². The van der Waals surface area contributed by atoms with Crippen molar-refractivity contribution < 1.29 is 9.53 Å². The first-order valence-corrected chi connectivity index (χ1v) is 6.45. The van der Waals surface area contributed by atoms with Gasteiger partial charge in [-0.15, -0.1) is 0 Å². The molecule has 0 aliphatic heterocycles. The molecule has 0 saturated heterocycles. The van der Waals surface area contributed by atoms with Gasteiger partial charge in [0.25, 0.3) is 5.91 Å². The van der Waals surface area contributed by atoms with Crippen LogP contribution < -0.4 is 10.1 Å². The zero-order chi connectivity index (χ0) is 14.4. The van der Waals surface area contributed by atoms with Crippen LogP contribution in [0.3, 0.4) is 0 Å². The normalized spacial score (nSPS) is 10.1. The SMILES string of the molecule is COc1cccc(CCNC(=O)c2cnc(Cl)cn2)c1. The number of ether oxygens (including phenoxy) is 1. The standard InChI is InChI=1S/C14H14ClN3O2/c1-20-11-4-2-3-10(7-11)5-6-16-14(19)12-8-18-13(15)9-17-12/h2-4,7-9H,5-6H2,1H3,(H,16,19). The van der Waals surface area contributed by atoms with E-state index in [0.717, 1.165) is 11.3 Å². The summed E-state index contributed by atoms with van der Waals surface area (Å²) >= 11 is 5.61. The molecule has 0 atom stereocenters. The van der Waals surface area contributed by atoms with Crippen molar-refractivity contribution in [3.63, 3.8) is 0 Å². The number of nitrogens with one attached hydrogen (secondary N) is 1. The average molecular weight is 292 g/mol. The second kappa shape index (κ2) is 6.86. The van der Waals surface area contributed by atoms with E-state index >= 15 is 0 Å². The highest BCUT2D eigenvalue weighted by atomic mass is 35.5. The molecule has 20 heavy (non-hydrogen) atoms. The summed E-state index contributed by atoms with van der Waals surface area (Å²) < 4.78 is 5.14. The van der Waals surface area contributed by atoms with Gasteiger partial charge in [0, 0.05) is 6.54 Å². The fourth-order valence-electron chi connectivity index (χ4n) is 1.67. The fourth-order valence-corrected chi connectivity index (χ4v) is 1.77. The Bertz CT molecular complexity index is 587. The topological polar surface area (TPSA) is 64.1 Å². The van der Waals surface area contributed by atoms with Gasteiger partial charge in [-0.25, -0.2) is 9.97 Å². The summed E-state index contributed by atoms with van der Waals surface area (Å²) in [4.78, 5) is 19.5. The van der Waals surface area contributed by atoms with Gasteiger partial charge in [-0.05, 0) is 24.1 Å². The Morgan fingerprint density at radius 3 is 2.90 bits per heavy atom. The lowest BCUT2D eigenvalue weighted by Crippen LogP contribution is -2.26. The minimum Gasteiger partial charge on any atom is -0.497 e. The molecule has 2 rings (SSSR count). The Hall–Kier alpha value is -2.14. The van der Waals surface area contributed by atoms with Crippen molar-refractivity contribution in [2.45, 2.75) is 6.42 Å². The molecule has 1 N–H and O–H groups in total. The maximum atomic E-state index is 11.8. The van der Waals surface area contributed by atoms with Crippen molar-refractivity contribution in [2.24, 2.45) is 0 Å². The van der Waals surface area contributed by atoms with Crippen LogP contribution in [0.2, 0.25) is 5.15 Å². The van der Waals surface area contributed by atoms with Gasteiger partial charge in [0.2, 0.25) is 0 Å². The second-order valence-corrected chi connectivity index (χ2v) is 4.47. The molecule has 0 unspecified atom stereocenters. The number of hydrogen-bond donors (Lipinski definition) is 1. The Labute approximate surface area is 122 Å². The lowest BCUT2D eigenvalue weighted by molar-refractivity contribution is 0.0949. The largest absolute Gasteiger partial charge is 0.497 e. The monoisotopic (exact) mass is 291 g/mol. The Balaban J connectivity index is 1.86. The van der Waals surface area contributed by atoms with Crippen LogP contribution in [0.25, 0.3) is 0 Å². The summed E-state index contributed by atoms with van der Waals surface area (Å²) in [5, 5.41) is 3.04. The van der Waals surface area contributed by atoms with E-state index in [1.807, 2.05) is 24.3 Å². The number of rotatable bonds is 5. The molecule has 0 aliphatic rings. The number of hydrogen-bond acceptors (Lipinski definition) is 4. The number of halogens is 1. The van der Waals surface area contributed by atoms with Gasteiger partial charge >= 0.3 is 0 Å². The van der Waals surface area contributed by atoms with E-state index in [1.165, 1.54) is 12.4 Å². The molecule has 5 nitrogen and oxygen atoms in total.